The van der Waals surface area contributed by atoms with Crippen LogP contribution in [0.25, 0.3) is 0 Å². The minimum absolute atomic E-state index is 0.0784. The molecule has 0 aromatic rings. The molecule has 3 N–H and O–H groups in total. The Kier molecular flexibility index (Phi) is 7.07. The van der Waals surface area contributed by atoms with E-state index in [9.17, 15) is 19.5 Å². The molecule has 2 fully saturated rings. The maximum Gasteiger partial charge on any atom is 0.457 e. The van der Waals surface area contributed by atoms with E-state index in [0.29, 0.717) is 19.2 Å². The lowest BCUT2D eigenvalue weighted by molar-refractivity contribution is -0.135. The Balaban J connectivity index is 2.17. The normalized spacial score (nSPS) is 27.3. The molecule has 31 heavy (non-hydrogen) atoms. The van der Waals surface area contributed by atoms with Gasteiger partial charge in [-0.3, -0.25) is 9.59 Å². The number of nitrogens with one attached hydrogen (secondary N) is 2. The molecule has 9 nitrogen and oxygen atoms in total. The van der Waals surface area contributed by atoms with E-state index in [1.165, 1.54) is 11.8 Å². The molecule has 2 aliphatic heterocycles. The number of carbonyl (C=O) groups is 3. The van der Waals surface area contributed by atoms with Gasteiger partial charge in [0.2, 0.25) is 11.8 Å². The first-order valence-electron chi connectivity index (χ1n) is 10.9. The summed E-state index contributed by atoms with van der Waals surface area (Å²) < 4.78 is 12.1. The second kappa shape index (κ2) is 8.62. The van der Waals surface area contributed by atoms with Crippen LogP contribution in [-0.2, 0) is 18.9 Å². The zero-order chi connectivity index (χ0) is 23.8. The molecule has 2 saturated heterocycles. The van der Waals surface area contributed by atoms with Crippen LogP contribution in [0.1, 0.15) is 68.2 Å². The van der Waals surface area contributed by atoms with E-state index < -0.39 is 28.4 Å². The second-order valence-corrected chi connectivity index (χ2v) is 10.8. The van der Waals surface area contributed by atoms with Gasteiger partial charge in [-0.25, -0.2) is 4.79 Å². The van der Waals surface area contributed by atoms with Crippen molar-refractivity contribution in [2.45, 2.75) is 96.8 Å². The highest BCUT2D eigenvalue weighted by Crippen LogP contribution is 2.39. The van der Waals surface area contributed by atoms with Crippen molar-refractivity contribution in [3.63, 3.8) is 0 Å². The minimum atomic E-state index is -1.31. The lowest BCUT2D eigenvalue weighted by atomic mass is 9.77. The largest absolute Gasteiger partial charge is 0.465 e. The molecular formula is C21H38BN3O6. The Morgan fingerprint density at radius 3 is 2.13 bits per heavy atom. The molecule has 0 radical (unpaired) electrons. The van der Waals surface area contributed by atoms with E-state index in [4.69, 9.17) is 9.31 Å². The topological polar surface area (TPSA) is 117 Å². The summed E-state index contributed by atoms with van der Waals surface area (Å²) in [5, 5.41) is 15.3. The van der Waals surface area contributed by atoms with E-state index in [1.54, 1.807) is 0 Å². The second-order valence-electron chi connectivity index (χ2n) is 10.8. The number of rotatable bonds is 6. The third-order valence-corrected chi connectivity index (χ3v) is 6.44. The summed E-state index contributed by atoms with van der Waals surface area (Å²) in [5.74, 6) is -1.09. The van der Waals surface area contributed by atoms with Gasteiger partial charge in [-0.2, -0.15) is 0 Å². The summed E-state index contributed by atoms with van der Waals surface area (Å²) in [5.41, 5.74) is -2.67. The Morgan fingerprint density at radius 1 is 1.13 bits per heavy atom. The first kappa shape index (κ1) is 25.5. The van der Waals surface area contributed by atoms with Gasteiger partial charge < -0.3 is 29.9 Å². The van der Waals surface area contributed by atoms with Gasteiger partial charge in [0.1, 0.15) is 5.54 Å². The van der Waals surface area contributed by atoms with Gasteiger partial charge in [-0.05, 0) is 61.2 Å². The van der Waals surface area contributed by atoms with Crippen molar-refractivity contribution in [2.24, 2.45) is 5.92 Å². The average Bonchev–Trinajstić information content (AvgIpc) is 3.01. The smallest absolute Gasteiger partial charge is 0.457 e. The molecule has 0 aromatic carbocycles. The van der Waals surface area contributed by atoms with Gasteiger partial charge in [-0.15, -0.1) is 0 Å². The fraction of sp³-hybridized carbons (Fsp3) is 0.857. The number of hydrogen-bond acceptors (Lipinski definition) is 5. The molecule has 0 saturated carbocycles. The van der Waals surface area contributed by atoms with Gasteiger partial charge in [0.05, 0.1) is 17.7 Å². The van der Waals surface area contributed by atoms with Crippen molar-refractivity contribution in [1.29, 1.82) is 0 Å². The highest BCUT2D eigenvalue weighted by atomic mass is 16.7. The highest BCUT2D eigenvalue weighted by molar-refractivity contribution is 6.45. The Morgan fingerprint density at radius 2 is 1.68 bits per heavy atom. The summed E-state index contributed by atoms with van der Waals surface area (Å²) in [6.45, 7) is 15.0. The Bertz CT molecular complexity index is 704. The third kappa shape index (κ3) is 5.71. The number of likely N-dealkylation sites (tertiary alicyclic amines) is 1. The van der Waals surface area contributed by atoms with Crippen molar-refractivity contribution in [2.75, 3.05) is 13.1 Å². The summed E-state index contributed by atoms with van der Waals surface area (Å²) in [6, 6.07) is 0. The molecule has 176 valence electrons. The molecule has 2 aliphatic rings. The molecule has 2 heterocycles. The lowest BCUT2D eigenvalue weighted by Crippen LogP contribution is -2.65. The van der Waals surface area contributed by atoms with Crippen molar-refractivity contribution in [3.8, 4) is 0 Å². The number of carboxylic acid groups (broad SMARTS) is 1. The third-order valence-electron chi connectivity index (χ3n) is 6.44. The molecule has 0 aromatic heterocycles. The summed E-state index contributed by atoms with van der Waals surface area (Å²) in [6.07, 6.45) is 0.727. The van der Waals surface area contributed by atoms with Crippen LogP contribution < -0.4 is 10.6 Å². The van der Waals surface area contributed by atoms with Crippen LogP contribution in [0.5, 0.6) is 0 Å². The lowest BCUT2D eigenvalue weighted by Gasteiger charge is -2.36. The molecule has 2 rings (SSSR count). The predicted molar refractivity (Wildman–Crippen MR) is 118 cm³/mol. The summed E-state index contributed by atoms with van der Waals surface area (Å²) >= 11 is 0. The number of nitrogens with zero attached hydrogens (tertiary/aromatic N) is 1. The van der Waals surface area contributed by atoms with Crippen LogP contribution in [0.4, 0.5) is 4.79 Å². The van der Waals surface area contributed by atoms with E-state index in [-0.39, 0.29) is 37.9 Å². The Labute approximate surface area is 185 Å². The van der Waals surface area contributed by atoms with Crippen molar-refractivity contribution >= 4 is 25.0 Å². The first-order chi connectivity index (χ1) is 14.0. The van der Waals surface area contributed by atoms with E-state index >= 15 is 0 Å². The molecule has 0 aliphatic carbocycles. The van der Waals surface area contributed by atoms with E-state index in [2.05, 4.69) is 10.6 Å². The molecule has 0 bridgehead atoms. The van der Waals surface area contributed by atoms with Crippen molar-refractivity contribution in [1.82, 2.24) is 15.5 Å². The Hall–Kier alpha value is -1.81. The van der Waals surface area contributed by atoms with E-state index in [0.717, 1.165) is 0 Å². The molecule has 0 spiro atoms. The van der Waals surface area contributed by atoms with Gasteiger partial charge >= 0.3 is 13.2 Å². The SMILES string of the molecule is CC(=O)N[C@@]1(C(=O)NC(C)(C)C)CN(C(=O)O)C[C@@H]1CCCB1OC(C)(C)C(C)(C)O1. The predicted octanol–water partition coefficient (Wildman–Crippen LogP) is 2.26. The summed E-state index contributed by atoms with van der Waals surface area (Å²) in [4.78, 5) is 38.2. The molecule has 2 atom stereocenters. The monoisotopic (exact) mass is 439 g/mol. The maximum absolute atomic E-state index is 13.3. The van der Waals surface area contributed by atoms with Crippen molar-refractivity contribution < 1.29 is 28.8 Å². The van der Waals surface area contributed by atoms with Crippen molar-refractivity contribution in [3.05, 3.63) is 0 Å². The van der Waals surface area contributed by atoms with Crippen LogP contribution in [0, 0.1) is 5.92 Å². The van der Waals surface area contributed by atoms with Crippen LogP contribution in [-0.4, -0.2) is 70.4 Å². The van der Waals surface area contributed by atoms with E-state index in [1.807, 2.05) is 48.5 Å². The first-order valence-corrected chi connectivity index (χ1v) is 10.9. The highest BCUT2D eigenvalue weighted by Gasteiger charge is 2.55. The average molecular weight is 439 g/mol. The fourth-order valence-corrected chi connectivity index (χ4v) is 4.24. The van der Waals surface area contributed by atoms with Gasteiger partial charge in [-0.1, -0.05) is 6.42 Å². The molecular weight excluding hydrogens is 401 g/mol. The zero-order valence-corrected chi connectivity index (χ0v) is 20.1. The van der Waals surface area contributed by atoms with Gasteiger partial charge in [0, 0.05) is 24.9 Å². The van der Waals surface area contributed by atoms with Crippen LogP contribution in [0.15, 0.2) is 0 Å². The van der Waals surface area contributed by atoms with Crippen LogP contribution >= 0.6 is 0 Å². The summed E-state index contributed by atoms with van der Waals surface area (Å²) in [7, 11) is -0.361. The number of carbonyl (C=O) groups excluding carboxylic acids is 2. The molecule has 10 heteroatoms. The standard InChI is InChI=1S/C21H38BN3O6/c1-14(26)23-21(16(27)24-18(2,3)4)13-25(17(28)29)12-15(21)10-9-11-22-30-19(5,6)20(7,8)31-22/h15H,9-13H2,1-8H3,(H,23,26)(H,24,27)(H,28,29)/t15-,21-/m0/s1. The van der Waals surface area contributed by atoms with Crippen LogP contribution in [0.2, 0.25) is 6.32 Å². The maximum atomic E-state index is 13.3. The van der Waals surface area contributed by atoms with Gasteiger partial charge in [0.15, 0.2) is 0 Å². The van der Waals surface area contributed by atoms with Gasteiger partial charge in [0.25, 0.3) is 0 Å². The molecule has 3 amide bonds. The fourth-order valence-electron chi connectivity index (χ4n) is 4.24. The zero-order valence-electron chi connectivity index (χ0n) is 20.1. The molecule has 0 unspecified atom stereocenters. The quantitative estimate of drug-likeness (QED) is 0.547. The van der Waals surface area contributed by atoms with Crippen LogP contribution in [0.3, 0.4) is 0 Å². The number of hydrogen-bond donors (Lipinski definition) is 3. The minimum Gasteiger partial charge on any atom is -0.465 e. The number of amides is 3.